The Morgan fingerprint density at radius 2 is 0.615 bits per heavy atom. The van der Waals surface area contributed by atoms with E-state index in [0.717, 1.165) is 12.8 Å². The van der Waals surface area contributed by atoms with E-state index in [1.807, 2.05) is 0 Å². The molecular formula is C78H56. The predicted octanol–water partition coefficient (Wildman–Crippen LogP) is 20.8. The molecule has 368 valence electrons. The standard InChI is InChI=1S/C78H56/c1-7-19-53(20-8-1)64-39-65(54-21-9-2-10-22-54)44-72(43-64)74-47-68(57-27-15-5-16-28-57)41-70(49-74)62-37-33-59-31-35-61-36-32-60-34-38-63(52-77(60)78(61)76(59)51-62)71-42-69(58-29-17-6-18-30-58)48-75(50-71)73-45-66(55-23-11-3-12-24-55)40-67(46-73)56-25-13-4-14-26-56/h1-31,33-50,52,60,76H,32,51H2. The molecule has 0 saturated carbocycles. The van der Waals surface area contributed by atoms with Crippen molar-refractivity contribution in [2.75, 3.05) is 0 Å². The SMILES string of the molecule is C1=CC2=CC=C(c3cc(-c4ccccc4)cc(-c4cc(-c5ccccc5)cc(-c5ccccc5)c4)c3)CC2C2=C3C=C(c4cc(-c5ccccc5)cc(-c5cc(-c6ccccc6)cc(-c6ccccc6)c5)c4)C=CC3CC=C12. The summed E-state index contributed by atoms with van der Waals surface area (Å²) >= 11 is 0. The summed E-state index contributed by atoms with van der Waals surface area (Å²) in [4.78, 5) is 0. The van der Waals surface area contributed by atoms with Gasteiger partial charge >= 0.3 is 0 Å². The van der Waals surface area contributed by atoms with Gasteiger partial charge in [0.2, 0.25) is 0 Å². The number of allylic oxidation sites excluding steroid dienone is 14. The molecule has 2 unspecified atom stereocenters. The third-order valence-corrected chi connectivity index (χ3v) is 16.3. The Bertz CT molecular complexity index is 4010. The Kier molecular flexibility index (Phi) is 12.3. The number of benzene rings is 10. The normalized spacial score (nSPS) is 16.3. The first-order valence-electron chi connectivity index (χ1n) is 27.5. The van der Waals surface area contributed by atoms with Gasteiger partial charge in [-0.15, -0.1) is 0 Å². The van der Waals surface area contributed by atoms with Gasteiger partial charge in [0.15, 0.2) is 0 Å². The van der Waals surface area contributed by atoms with Gasteiger partial charge in [-0.05, 0) is 219 Å². The zero-order chi connectivity index (χ0) is 51.8. The van der Waals surface area contributed by atoms with Crippen LogP contribution in [0.3, 0.4) is 0 Å². The molecule has 0 aromatic heterocycles. The van der Waals surface area contributed by atoms with Gasteiger partial charge in [0, 0.05) is 11.8 Å². The molecule has 10 aromatic carbocycles. The highest BCUT2D eigenvalue weighted by Gasteiger charge is 2.34. The van der Waals surface area contributed by atoms with Gasteiger partial charge in [0.25, 0.3) is 0 Å². The Balaban J connectivity index is 0.875. The summed E-state index contributed by atoms with van der Waals surface area (Å²) in [6.07, 6.45) is 21.4. The quantitative estimate of drug-likeness (QED) is 0.128. The summed E-state index contributed by atoms with van der Waals surface area (Å²) in [5.41, 5.74) is 30.1. The zero-order valence-corrected chi connectivity index (χ0v) is 43.4. The summed E-state index contributed by atoms with van der Waals surface area (Å²) in [5, 5.41) is 0. The third kappa shape index (κ3) is 9.33. The van der Waals surface area contributed by atoms with E-state index in [4.69, 9.17) is 0 Å². The van der Waals surface area contributed by atoms with Crippen molar-refractivity contribution in [3.05, 3.63) is 337 Å². The van der Waals surface area contributed by atoms with Crippen LogP contribution in [0.5, 0.6) is 0 Å². The average Bonchev–Trinajstić information content (AvgIpc) is 3.58. The van der Waals surface area contributed by atoms with Crippen LogP contribution >= 0.6 is 0 Å². The molecule has 0 aliphatic heterocycles. The molecule has 0 saturated heterocycles. The minimum absolute atomic E-state index is 0.223. The van der Waals surface area contributed by atoms with Crippen molar-refractivity contribution in [3.8, 4) is 89.0 Å². The molecule has 14 rings (SSSR count). The summed E-state index contributed by atoms with van der Waals surface area (Å²) in [6, 6.07) is 93.6. The molecular weight excluding hydrogens is 937 g/mol. The molecule has 0 fully saturated rings. The molecule has 10 aromatic rings. The van der Waals surface area contributed by atoms with E-state index in [1.54, 1.807) is 0 Å². The van der Waals surface area contributed by atoms with E-state index in [-0.39, 0.29) is 5.92 Å². The molecule has 0 heteroatoms. The number of hydrogen-bond donors (Lipinski definition) is 0. The molecule has 0 spiro atoms. The maximum Gasteiger partial charge on any atom is 0.0139 e. The number of hydrogen-bond acceptors (Lipinski definition) is 0. The lowest BCUT2D eigenvalue weighted by Crippen LogP contribution is -2.22. The Labute approximate surface area is 459 Å². The molecule has 0 nitrogen and oxygen atoms in total. The second kappa shape index (κ2) is 20.5. The smallest absolute Gasteiger partial charge is 0.0139 e. The van der Waals surface area contributed by atoms with Crippen LogP contribution in [0.1, 0.15) is 24.0 Å². The van der Waals surface area contributed by atoms with E-state index in [9.17, 15) is 0 Å². The van der Waals surface area contributed by atoms with Crippen LogP contribution in [-0.4, -0.2) is 0 Å². The number of fused-ring (bicyclic) bond motifs is 4. The second-order valence-electron chi connectivity index (χ2n) is 21.2. The topological polar surface area (TPSA) is 0 Å². The van der Waals surface area contributed by atoms with E-state index in [2.05, 4.69) is 303 Å². The van der Waals surface area contributed by atoms with E-state index >= 15 is 0 Å². The minimum Gasteiger partial charge on any atom is -0.0761 e. The van der Waals surface area contributed by atoms with Crippen LogP contribution in [0.15, 0.2) is 326 Å². The highest BCUT2D eigenvalue weighted by atomic mass is 14.4. The Morgan fingerprint density at radius 3 is 0.987 bits per heavy atom. The van der Waals surface area contributed by atoms with Crippen LogP contribution in [0.25, 0.3) is 100 Å². The van der Waals surface area contributed by atoms with Crippen LogP contribution in [-0.2, 0) is 0 Å². The van der Waals surface area contributed by atoms with Crippen molar-refractivity contribution in [2.45, 2.75) is 12.8 Å². The fraction of sp³-hybridized carbons (Fsp3) is 0.0513. The van der Waals surface area contributed by atoms with Gasteiger partial charge < -0.3 is 0 Å². The first-order valence-corrected chi connectivity index (χ1v) is 27.5. The van der Waals surface area contributed by atoms with Crippen molar-refractivity contribution in [3.63, 3.8) is 0 Å². The minimum atomic E-state index is 0.223. The summed E-state index contributed by atoms with van der Waals surface area (Å²) in [6.45, 7) is 0. The van der Waals surface area contributed by atoms with Gasteiger partial charge in [-0.3, -0.25) is 0 Å². The van der Waals surface area contributed by atoms with Crippen LogP contribution < -0.4 is 0 Å². The average molecular weight is 993 g/mol. The van der Waals surface area contributed by atoms with Gasteiger partial charge in [-0.1, -0.05) is 231 Å². The monoisotopic (exact) mass is 992 g/mol. The van der Waals surface area contributed by atoms with Crippen molar-refractivity contribution < 1.29 is 0 Å². The van der Waals surface area contributed by atoms with Gasteiger partial charge in [0.1, 0.15) is 0 Å². The molecule has 78 heavy (non-hydrogen) atoms. The lowest BCUT2D eigenvalue weighted by atomic mass is 9.67. The third-order valence-electron chi connectivity index (χ3n) is 16.3. The van der Waals surface area contributed by atoms with Crippen LogP contribution in [0, 0.1) is 11.8 Å². The Hall–Kier alpha value is -9.62. The van der Waals surface area contributed by atoms with Gasteiger partial charge in [0.05, 0.1) is 0 Å². The maximum atomic E-state index is 2.55. The van der Waals surface area contributed by atoms with E-state index in [1.165, 1.54) is 134 Å². The lowest BCUT2D eigenvalue weighted by molar-refractivity contribution is 0.681. The van der Waals surface area contributed by atoms with Crippen molar-refractivity contribution in [2.24, 2.45) is 11.8 Å². The molecule has 4 aliphatic carbocycles. The lowest BCUT2D eigenvalue weighted by Gasteiger charge is -2.37. The second-order valence-corrected chi connectivity index (χ2v) is 21.2. The summed E-state index contributed by atoms with van der Waals surface area (Å²) in [7, 11) is 0. The molecule has 0 heterocycles. The zero-order valence-electron chi connectivity index (χ0n) is 43.4. The first-order chi connectivity index (χ1) is 38.6. The molecule has 0 amide bonds. The highest BCUT2D eigenvalue weighted by molar-refractivity contribution is 5.90. The Morgan fingerprint density at radius 1 is 0.282 bits per heavy atom. The van der Waals surface area contributed by atoms with Crippen LogP contribution in [0.4, 0.5) is 0 Å². The first kappa shape index (κ1) is 46.9. The molecule has 0 N–H and O–H groups in total. The highest BCUT2D eigenvalue weighted by Crippen LogP contribution is 2.50. The van der Waals surface area contributed by atoms with Crippen molar-refractivity contribution >= 4 is 11.1 Å². The van der Waals surface area contributed by atoms with Crippen molar-refractivity contribution in [1.82, 2.24) is 0 Å². The molecule has 2 atom stereocenters. The fourth-order valence-electron chi connectivity index (χ4n) is 12.3. The number of rotatable bonds is 10. The maximum absolute atomic E-state index is 2.55. The van der Waals surface area contributed by atoms with E-state index in [0.29, 0.717) is 5.92 Å². The fourth-order valence-corrected chi connectivity index (χ4v) is 12.3. The van der Waals surface area contributed by atoms with Gasteiger partial charge in [-0.25, -0.2) is 0 Å². The van der Waals surface area contributed by atoms with Crippen LogP contribution in [0.2, 0.25) is 0 Å². The van der Waals surface area contributed by atoms with Crippen molar-refractivity contribution in [1.29, 1.82) is 0 Å². The largest absolute Gasteiger partial charge is 0.0761 e. The predicted molar refractivity (Wildman–Crippen MR) is 330 cm³/mol. The molecule has 0 bridgehead atoms. The van der Waals surface area contributed by atoms with Gasteiger partial charge in [-0.2, -0.15) is 0 Å². The summed E-state index contributed by atoms with van der Waals surface area (Å²) in [5.74, 6) is 0.535. The van der Waals surface area contributed by atoms with E-state index < -0.39 is 0 Å². The summed E-state index contributed by atoms with van der Waals surface area (Å²) < 4.78 is 0. The molecule has 4 aliphatic rings. The molecule has 0 radical (unpaired) electrons.